The van der Waals surface area contributed by atoms with Gasteiger partial charge < -0.3 is 15.0 Å². The minimum absolute atomic E-state index is 0.206. The van der Waals surface area contributed by atoms with Crippen molar-refractivity contribution in [1.82, 2.24) is 0 Å². The van der Waals surface area contributed by atoms with Crippen molar-refractivity contribution in [2.75, 3.05) is 17.3 Å². The SMILES string of the molecule is CN1c2ccc(Cl)cc2C(C)(C)C12C=Cc1c(c(C(=O)Nc3ccccc3)cc3ccccc13)O2. The van der Waals surface area contributed by atoms with E-state index in [2.05, 4.69) is 42.3 Å². The van der Waals surface area contributed by atoms with Crippen molar-refractivity contribution in [3.8, 4) is 5.75 Å². The predicted octanol–water partition coefficient (Wildman–Crippen LogP) is 7.28. The quantitative estimate of drug-likeness (QED) is 0.328. The van der Waals surface area contributed by atoms with Gasteiger partial charge in [0.15, 0.2) is 0 Å². The number of carbonyl (C=O) groups excluding carboxylic acids is 1. The van der Waals surface area contributed by atoms with Crippen LogP contribution in [0.3, 0.4) is 0 Å². The lowest BCUT2D eigenvalue weighted by Gasteiger charge is -2.46. The zero-order valence-electron chi connectivity index (χ0n) is 19.8. The molecule has 0 bridgehead atoms. The monoisotopic (exact) mass is 480 g/mol. The van der Waals surface area contributed by atoms with E-state index in [9.17, 15) is 4.79 Å². The summed E-state index contributed by atoms with van der Waals surface area (Å²) in [6, 6.07) is 25.4. The van der Waals surface area contributed by atoms with Crippen LogP contribution in [0.5, 0.6) is 5.75 Å². The molecule has 4 nitrogen and oxygen atoms in total. The molecule has 174 valence electrons. The molecule has 0 aliphatic carbocycles. The average molecular weight is 481 g/mol. The number of para-hydroxylation sites is 1. The Bertz CT molecular complexity index is 1530. The number of likely N-dealkylation sites (N-methyl/N-ethyl adjacent to an activating group) is 1. The van der Waals surface area contributed by atoms with Crippen LogP contribution < -0.4 is 15.0 Å². The van der Waals surface area contributed by atoms with E-state index in [1.807, 2.05) is 79.8 Å². The Balaban J connectivity index is 1.53. The normalized spacial score (nSPS) is 19.4. The number of anilines is 2. The van der Waals surface area contributed by atoms with Gasteiger partial charge in [-0.1, -0.05) is 54.1 Å². The van der Waals surface area contributed by atoms with Gasteiger partial charge in [-0.3, -0.25) is 4.79 Å². The summed E-state index contributed by atoms with van der Waals surface area (Å²) in [4.78, 5) is 15.7. The average Bonchev–Trinajstić information content (AvgIpc) is 3.01. The van der Waals surface area contributed by atoms with Crippen molar-refractivity contribution in [1.29, 1.82) is 0 Å². The zero-order chi connectivity index (χ0) is 24.4. The number of rotatable bonds is 2. The van der Waals surface area contributed by atoms with Crippen LogP contribution in [-0.4, -0.2) is 18.7 Å². The summed E-state index contributed by atoms with van der Waals surface area (Å²) in [7, 11) is 2.03. The molecule has 0 fully saturated rings. The van der Waals surface area contributed by atoms with Gasteiger partial charge in [-0.25, -0.2) is 0 Å². The van der Waals surface area contributed by atoms with E-state index in [1.54, 1.807) is 0 Å². The van der Waals surface area contributed by atoms with Gasteiger partial charge >= 0.3 is 0 Å². The summed E-state index contributed by atoms with van der Waals surface area (Å²) in [6.45, 7) is 4.32. The number of amides is 1. The zero-order valence-corrected chi connectivity index (χ0v) is 20.6. The van der Waals surface area contributed by atoms with Gasteiger partial charge in [0.25, 0.3) is 5.91 Å². The minimum Gasteiger partial charge on any atom is -0.462 e. The van der Waals surface area contributed by atoms with Gasteiger partial charge in [-0.05, 0) is 78.7 Å². The minimum atomic E-state index is -0.822. The van der Waals surface area contributed by atoms with Crippen molar-refractivity contribution in [3.05, 3.63) is 107 Å². The number of halogens is 1. The molecule has 0 saturated carbocycles. The van der Waals surface area contributed by atoms with Crippen molar-refractivity contribution < 1.29 is 9.53 Å². The molecule has 0 radical (unpaired) electrons. The standard InChI is InChI=1S/C30H25ClN2O2/c1-29(2)25-18-20(31)13-14-26(25)33(3)30(29)16-15-23-22-12-8-7-9-19(22)17-24(27(23)35-30)28(34)32-21-10-5-4-6-11-21/h4-18H,1-3H3,(H,32,34). The van der Waals surface area contributed by atoms with E-state index in [1.165, 1.54) is 0 Å². The van der Waals surface area contributed by atoms with Crippen LogP contribution in [0.4, 0.5) is 11.4 Å². The smallest absolute Gasteiger partial charge is 0.259 e. The van der Waals surface area contributed by atoms with Gasteiger partial charge in [-0.15, -0.1) is 0 Å². The molecule has 5 heteroatoms. The molecule has 35 heavy (non-hydrogen) atoms. The maximum atomic E-state index is 13.6. The Morgan fingerprint density at radius 2 is 1.71 bits per heavy atom. The second-order valence-electron chi connectivity index (χ2n) is 9.69. The van der Waals surface area contributed by atoms with Crippen molar-refractivity contribution >= 4 is 45.7 Å². The van der Waals surface area contributed by atoms with Gasteiger partial charge in [0, 0.05) is 29.0 Å². The molecule has 1 N–H and O–H groups in total. The highest BCUT2D eigenvalue weighted by atomic mass is 35.5. The molecule has 2 aliphatic heterocycles. The molecule has 2 aliphatic rings. The highest BCUT2D eigenvalue weighted by Gasteiger charge is 2.58. The van der Waals surface area contributed by atoms with Gasteiger partial charge in [0.2, 0.25) is 5.72 Å². The lowest BCUT2D eigenvalue weighted by atomic mass is 9.76. The number of fused-ring (bicyclic) bond motifs is 4. The van der Waals surface area contributed by atoms with Crippen molar-refractivity contribution in [3.63, 3.8) is 0 Å². The number of ether oxygens (including phenoxy) is 1. The van der Waals surface area contributed by atoms with E-state index in [-0.39, 0.29) is 5.91 Å². The van der Waals surface area contributed by atoms with E-state index in [4.69, 9.17) is 16.3 Å². The summed E-state index contributed by atoms with van der Waals surface area (Å²) >= 11 is 6.39. The van der Waals surface area contributed by atoms with Crippen molar-refractivity contribution in [2.45, 2.75) is 25.0 Å². The Morgan fingerprint density at radius 1 is 0.971 bits per heavy atom. The molecule has 1 spiro atoms. The Hall–Kier alpha value is -3.76. The lowest BCUT2D eigenvalue weighted by molar-refractivity contribution is 0.0569. The lowest BCUT2D eigenvalue weighted by Crippen LogP contribution is -2.58. The maximum absolute atomic E-state index is 13.6. The highest BCUT2D eigenvalue weighted by Crippen LogP contribution is 2.55. The molecule has 1 unspecified atom stereocenters. The third-order valence-electron chi connectivity index (χ3n) is 7.44. The van der Waals surface area contributed by atoms with E-state index in [0.717, 1.165) is 33.3 Å². The molecule has 0 aromatic heterocycles. The summed E-state index contributed by atoms with van der Waals surface area (Å²) in [5.41, 5.74) is 3.06. The van der Waals surface area contributed by atoms with Crippen LogP contribution in [0.15, 0.2) is 84.9 Å². The van der Waals surface area contributed by atoms with Crippen LogP contribution in [0.2, 0.25) is 5.02 Å². The Labute approximate surface area is 209 Å². The van der Waals surface area contributed by atoms with Crippen LogP contribution in [0, 0.1) is 0 Å². The summed E-state index contributed by atoms with van der Waals surface area (Å²) in [5.74, 6) is 0.376. The fourth-order valence-corrected chi connectivity index (χ4v) is 5.69. The highest BCUT2D eigenvalue weighted by molar-refractivity contribution is 6.30. The number of nitrogens with one attached hydrogen (secondary N) is 1. The molecule has 2 heterocycles. The first-order chi connectivity index (χ1) is 16.8. The number of carbonyl (C=O) groups is 1. The van der Waals surface area contributed by atoms with Crippen LogP contribution in [-0.2, 0) is 5.41 Å². The molecule has 0 saturated heterocycles. The Kier molecular flexibility index (Phi) is 4.74. The molecule has 6 rings (SSSR count). The van der Waals surface area contributed by atoms with Crippen LogP contribution >= 0.6 is 11.6 Å². The van der Waals surface area contributed by atoms with Crippen LogP contribution in [0.1, 0.15) is 35.3 Å². The molecule has 1 amide bonds. The summed E-state index contributed by atoms with van der Waals surface area (Å²) < 4.78 is 6.96. The number of hydrogen-bond acceptors (Lipinski definition) is 3. The third kappa shape index (κ3) is 3.10. The van der Waals surface area contributed by atoms with E-state index in [0.29, 0.717) is 16.3 Å². The first kappa shape index (κ1) is 21.8. The maximum Gasteiger partial charge on any atom is 0.259 e. The molecular formula is C30H25ClN2O2. The fraction of sp³-hybridized carbons (Fsp3) is 0.167. The first-order valence-electron chi connectivity index (χ1n) is 11.7. The summed E-state index contributed by atoms with van der Waals surface area (Å²) in [5, 5.41) is 5.76. The van der Waals surface area contributed by atoms with Gasteiger partial charge in [0.05, 0.1) is 11.0 Å². The van der Waals surface area contributed by atoms with E-state index < -0.39 is 11.1 Å². The third-order valence-corrected chi connectivity index (χ3v) is 7.67. The first-order valence-corrected chi connectivity index (χ1v) is 12.0. The largest absolute Gasteiger partial charge is 0.462 e. The second kappa shape index (κ2) is 7.62. The van der Waals surface area contributed by atoms with Gasteiger partial charge in [0.1, 0.15) is 5.75 Å². The topological polar surface area (TPSA) is 41.6 Å². The predicted molar refractivity (Wildman–Crippen MR) is 144 cm³/mol. The molecular weight excluding hydrogens is 456 g/mol. The Morgan fingerprint density at radius 3 is 2.51 bits per heavy atom. The number of benzene rings is 4. The van der Waals surface area contributed by atoms with E-state index >= 15 is 0 Å². The van der Waals surface area contributed by atoms with Crippen molar-refractivity contribution in [2.24, 2.45) is 0 Å². The molecule has 4 aromatic rings. The number of nitrogens with zero attached hydrogens (tertiary/aromatic N) is 1. The van der Waals surface area contributed by atoms with Crippen LogP contribution in [0.25, 0.3) is 16.8 Å². The number of hydrogen-bond donors (Lipinski definition) is 1. The fourth-order valence-electron chi connectivity index (χ4n) is 5.52. The van der Waals surface area contributed by atoms with Gasteiger partial charge in [-0.2, -0.15) is 0 Å². The molecule has 4 aromatic carbocycles. The molecule has 1 atom stereocenters. The second-order valence-corrected chi connectivity index (χ2v) is 10.1. The summed E-state index contributed by atoms with van der Waals surface area (Å²) in [6.07, 6.45) is 4.22.